The third kappa shape index (κ3) is 3.01. The average molecular weight is 332 g/mol. The van der Waals surface area contributed by atoms with Crippen LogP contribution < -0.4 is 5.14 Å². The molecule has 0 bridgehead atoms. The number of primary sulfonamides is 1. The van der Waals surface area contributed by atoms with Gasteiger partial charge in [0.25, 0.3) is 0 Å². The number of benzene rings is 2. The zero-order chi connectivity index (χ0) is 16.6. The van der Waals surface area contributed by atoms with Crippen LogP contribution in [-0.2, 0) is 10.0 Å². The van der Waals surface area contributed by atoms with Crippen molar-refractivity contribution >= 4 is 10.0 Å². The number of hydrogen-bond acceptors (Lipinski definition) is 4. The predicted molar refractivity (Wildman–Crippen MR) is 83.4 cm³/mol. The molecule has 0 radical (unpaired) electrons. The molecule has 0 aliphatic rings. The van der Waals surface area contributed by atoms with Crippen LogP contribution in [-0.4, -0.2) is 13.6 Å². The molecule has 2 N–H and O–H groups in total. The third-order valence-corrected chi connectivity index (χ3v) is 4.37. The first-order valence-electron chi connectivity index (χ1n) is 6.72. The Morgan fingerprint density at radius 1 is 1.00 bits per heavy atom. The lowest BCUT2D eigenvalue weighted by Crippen LogP contribution is -2.11. The van der Waals surface area contributed by atoms with Gasteiger partial charge in [-0.2, -0.15) is 0 Å². The number of aryl methyl sites for hydroxylation is 1. The minimum absolute atomic E-state index is 0.0266. The molecule has 0 aliphatic carbocycles. The Morgan fingerprint density at radius 2 is 1.57 bits per heavy atom. The van der Waals surface area contributed by atoms with Crippen molar-refractivity contribution in [2.45, 2.75) is 11.8 Å². The quantitative estimate of drug-likeness (QED) is 0.798. The maximum Gasteiger partial charge on any atom is 0.238 e. The zero-order valence-electron chi connectivity index (χ0n) is 12.2. The van der Waals surface area contributed by atoms with Gasteiger partial charge in [0, 0.05) is 5.56 Å². The largest absolute Gasteiger partial charge is 0.355 e. The molecule has 23 heavy (non-hydrogen) atoms. The smallest absolute Gasteiger partial charge is 0.238 e. The van der Waals surface area contributed by atoms with Crippen LogP contribution in [0.1, 0.15) is 5.69 Å². The molecule has 0 atom stereocenters. The molecule has 0 spiro atoms. The lowest BCUT2D eigenvalue weighted by Gasteiger charge is -2.04. The van der Waals surface area contributed by atoms with Gasteiger partial charge >= 0.3 is 0 Å². The van der Waals surface area contributed by atoms with Crippen LogP contribution in [0.25, 0.3) is 22.5 Å². The van der Waals surface area contributed by atoms with Crippen LogP contribution in [0.4, 0.5) is 4.39 Å². The highest BCUT2D eigenvalue weighted by atomic mass is 32.2. The van der Waals surface area contributed by atoms with E-state index in [0.29, 0.717) is 17.0 Å². The van der Waals surface area contributed by atoms with Gasteiger partial charge in [-0.05, 0) is 48.9 Å². The predicted octanol–water partition coefficient (Wildman–Crippen LogP) is 3.10. The Bertz CT molecular complexity index is 946. The first-order chi connectivity index (χ1) is 10.9. The minimum Gasteiger partial charge on any atom is -0.355 e. The fourth-order valence-corrected chi connectivity index (χ4v) is 2.83. The number of hydrogen-bond donors (Lipinski definition) is 1. The zero-order valence-corrected chi connectivity index (χ0v) is 13.0. The van der Waals surface area contributed by atoms with E-state index >= 15 is 0 Å². The van der Waals surface area contributed by atoms with Crippen molar-refractivity contribution in [3.8, 4) is 22.5 Å². The minimum atomic E-state index is -3.75. The highest BCUT2D eigenvalue weighted by molar-refractivity contribution is 7.89. The fraction of sp³-hybridized carbons (Fsp3) is 0.0625. The van der Waals surface area contributed by atoms with E-state index in [1.54, 1.807) is 31.2 Å². The number of nitrogens with zero attached hydrogens (tertiary/aromatic N) is 1. The number of rotatable bonds is 3. The molecule has 0 saturated carbocycles. The number of nitrogens with two attached hydrogens (primary N) is 1. The first kappa shape index (κ1) is 15.4. The Labute approximate surface area is 132 Å². The van der Waals surface area contributed by atoms with E-state index in [9.17, 15) is 12.8 Å². The lowest BCUT2D eigenvalue weighted by molar-refractivity contribution is 0.427. The Kier molecular flexibility index (Phi) is 3.75. The second kappa shape index (κ2) is 5.60. The molecular weight excluding hydrogens is 319 g/mol. The molecule has 1 heterocycles. The summed E-state index contributed by atoms with van der Waals surface area (Å²) in [6.45, 7) is 1.78. The maximum atomic E-state index is 13.1. The Balaban J connectivity index is 2.10. The van der Waals surface area contributed by atoms with Gasteiger partial charge < -0.3 is 4.52 Å². The van der Waals surface area contributed by atoms with Crippen LogP contribution in [0, 0.1) is 12.7 Å². The van der Waals surface area contributed by atoms with E-state index in [2.05, 4.69) is 5.16 Å². The first-order valence-corrected chi connectivity index (χ1v) is 8.26. The number of halogens is 1. The summed E-state index contributed by atoms with van der Waals surface area (Å²) in [6, 6.07) is 12.0. The van der Waals surface area contributed by atoms with Gasteiger partial charge in [-0.15, -0.1) is 0 Å². The van der Waals surface area contributed by atoms with E-state index in [0.717, 1.165) is 11.1 Å². The molecule has 7 heteroatoms. The Morgan fingerprint density at radius 3 is 2.13 bits per heavy atom. The van der Waals surface area contributed by atoms with E-state index in [-0.39, 0.29) is 10.7 Å². The number of aromatic nitrogens is 1. The summed E-state index contributed by atoms with van der Waals surface area (Å²) in [6.07, 6.45) is 0. The summed E-state index contributed by atoms with van der Waals surface area (Å²) < 4.78 is 41.1. The summed E-state index contributed by atoms with van der Waals surface area (Å²) in [5.41, 5.74) is 2.78. The van der Waals surface area contributed by atoms with Gasteiger partial charge in [0.15, 0.2) is 5.76 Å². The van der Waals surface area contributed by atoms with E-state index in [1.165, 1.54) is 24.3 Å². The SMILES string of the molecule is Cc1noc(-c2ccc(F)cc2)c1-c1ccc(S(N)(=O)=O)cc1. The average Bonchev–Trinajstić information content (AvgIpc) is 2.89. The van der Waals surface area contributed by atoms with Gasteiger partial charge in [0.2, 0.25) is 10.0 Å². The topological polar surface area (TPSA) is 86.2 Å². The summed E-state index contributed by atoms with van der Waals surface area (Å²) in [4.78, 5) is 0.0266. The highest BCUT2D eigenvalue weighted by Crippen LogP contribution is 2.35. The molecule has 0 saturated heterocycles. The summed E-state index contributed by atoms with van der Waals surface area (Å²) >= 11 is 0. The monoisotopic (exact) mass is 332 g/mol. The van der Waals surface area contributed by atoms with Gasteiger partial charge in [0.05, 0.1) is 16.2 Å². The van der Waals surface area contributed by atoms with Crippen LogP contribution in [0.2, 0.25) is 0 Å². The Hall–Kier alpha value is -2.51. The molecule has 0 aliphatic heterocycles. The van der Waals surface area contributed by atoms with E-state index < -0.39 is 10.0 Å². The molecule has 5 nitrogen and oxygen atoms in total. The molecule has 0 amide bonds. The molecule has 118 valence electrons. The van der Waals surface area contributed by atoms with Crippen LogP contribution in [0.15, 0.2) is 57.9 Å². The maximum absolute atomic E-state index is 13.1. The van der Waals surface area contributed by atoms with Crippen molar-refractivity contribution in [1.29, 1.82) is 0 Å². The standard InChI is InChI=1S/C16H13FN2O3S/c1-10-15(11-4-8-14(9-5-11)23(18,20)21)16(22-19-10)12-2-6-13(17)7-3-12/h2-9H,1H3,(H2,18,20,21). The van der Waals surface area contributed by atoms with Crippen molar-refractivity contribution in [1.82, 2.24) is 5.16 Å². The van der Waals surface area contributed by atoms with E-state index in [1.807, 2.05) is 0 Å². The fourth-order valence-electron chi connectivity index (χ4n) is 2.32. The van der Waals surface area contributed by atoms with Gasteiger partial charge in [-0.25, -0.2) is 17.9 Å². The molecule has 0 unspecified atom stereocenters. The molecule has 1 aromatic heterocycles. The molecular formula is C16H13FN2O3S. The van der Waals surface area contributed by atoms with Crippen molar-refractivity contribution in [3.05, 3.63) is 60.0 Å². The van der Waals surface area contributed by atoms with Gasteiger partial charge in [-0.3, -0.25) is 0 Å². The lowest BCUT2D eigenvalue weighted by atomic mass is 10.00. The highest BCUT2D eigenvalue weighted by Gasteiger charge is 2.17. The van der Waals surface area contributed by atoms with Crippen molar-refractivity contribution in [3.63, 3.8) is 0 Å². The van der Waals surface area contributed by atoms with Gasteiger partial charge in [0.1, 0.15) is 5.82 Å². The van der Waals surface area contributed by atoms with Crippen LogP contribution in [0.3, 0.4) is 0 Å². The van der Waals surface area contributed by atoms with Gasteiger partial charge in [-0.1, -0.05) is 17.3 Å². The van der Waals surface area contributed by atoms with Crippen molar-refractivity contribution < 1.29 is 17.3 Å². The van der Waals surface area contributed by atoms with Crippen LogP contribution >= 0.6 is 0 Å². The second-order valence-electron chi connectivity index (χ2n) is 5.05. The van der Waals surface area contributed by atoms with E-state index in [4.69, 9.17) is 9.66 Å². The molecule has 2 aromatic carbocycles. The summed E-state index contributed by atoms with van der Waals surface area (Å²) in [7, 11) is -3.75. The summed E-state index contributed by atoms with van der Waals surface area (Å²) in [5.74, 6) is 0.148. The normalized spacial score (nSPS) is 11.6. The second-order valence-corrected chi connectivity index (χ2v) is 6.61. The molecule has 0 fully saturated rings. The van der Waals surface area contributed by atoms with Crippen molar-refractivity contribution in [2.24, 2.45) is 5.14 Å². The number of sulfonamides is 1. The molecule has 3 aromatic rings. The summed E-state index contributed by atoms with van der Waals surface area (Å²) in [5, 5.41) is 9.05. The third-order valence-electron chi connectivity index (χ3n) is 3.44. The van der Waals surface area contributed by atoms with Crippen molar-refractivity contribution in [2.75, 3.05) is 0 Å². The van der Waals surface area contributed by atoms with Crippen LogP contribution in [0.5, 0.6) is 0 Å². The molecule has 3 rings (SSSR count).